The lowest BCUT2D eigenvalue weighted by Gasteiger charge is -2.10. The maximum atomic E-state index is 13.0. The summed E-state index contributed by atoms with van der Waals surface area (Å²) >= 11 is 8.78. The maximum Gasteiger partial charge on any atom is 0.262 e. The van der Waals surface area contributed by atoms with Gasteiger partial charge >= 0.3 is 0 Å². The lowest BCUT2D eigenvalue weighted by Crippen LogP contribution is -2.26. The zero-order valence-corrected chi connectivity index (χ0v) is 21.8. The Morgan fingerprint density at radius 2 is 1.74 bits per heavy atom. The SMILES string of the molecule is C=S(N)(=O)c1ccc(CCNC(=O)c2ccc(Cn3c(=S)[nH]c4ccc(Br)cc4c3=O)cc2)cc1. The number of aromatic nitrogens is 2. The van der Waals surface area contributed by atoms with Crippen molar-refractivity contribution in [1.29, 1.82) is 0 Å². The number of amides is 1. The molecule has 3 aromatic carbocycles. The van der Waals surface area contributed by atoms with E-state index in [1.807, 2.05) is 36.4 Å². The molecule has 1 atom stereocenters. The predicted octanol–water partition coefficient (Wildman–Crippen LogP) is 3.79. The Labute approximate surface area is 216 Å². The third-order valence-electron chi connectivity index (χ3n) is 5.52. The Morgan fingerprint density at radius 1 is 1.09 bits per heavy atom. The van der Waals surface area contributed by atoms with E-state index in [2.05, 4.69) is 32.1 Å². The number of nitrogens with zero attached hydrogens (tertiary/aromatic N) is 1. The van der Waals surface area contributed by atoms with Gasteiger partial charge in [0.25, 0.3) is 11.5 Å². The first-order valence-electron chi connectivity index (χ1n) is 10.7. The largest absolute Gasteiger partial charge is 0.352 e. The van der Waals surface area contributed by atoms with Crippen molar-refractivity contribution in [2.45, 2.75) is 17.9 Å². The summed E-state index contributed by atoms with van der Waals surface area (Å²) in [4.78, 5) is 29.1. The topological polar surface area (TPSA) is 110 Å². The molecular formula is C25H23BrN4O3S2. The Bertz CT molecular complexity index is 1630. The molecule has 4 N–H and O–H groups in total. The number of nitrogens with one attached hydrogen (secondary N) is 2. The quantitative estimate of drug-likeness (QED) is 0.293. The van der Waals surface area contributed by atoms with E-state index in [9.17, 15) is 13.8 Å². The lowest BCUT2D eigenvalue weighted by molar-refractivity contribution is 0.0954. The molecule has 0 bridgehead atoms. The molecule has 4 aromatic rings. The standard InChI is InChI=1S/C25H23BrN4O3S2/c1-35(27,33)20-9-4-16(5-10-20)12-13-28-23(31)18-6-2-17(3-7-18)15-30-24(32)21-14-19(26)8-11-22(21)29-25(30)34/h2-11,14H,1,12-13,15H2,(H2,27,33)(H,28,31)(H,29,34). The number of aromatic amines is 1. The van der Waals surface area contributed by atoms with Crippen molar-refractivity contribution >= 4 is 60.5 Å². The number of rotatable bonds is 7. The fraction of sp³-hybridized carbons (Fsp3) is 0.120. The first-order valence-corrected chi connectivity index (χ1v) is 13.6. The average molecular weight is 572 g/mol. The van der Waals surface area contributed by atoms with E-state index in [0.717, 1.165) is 15.6 Å². The molecule has 1 heterocycles. The van der Waals surface area contributed by atoms with Gasteiger partial charge in [-0.2, -0.15) is 0 Å². The van der Waals surface area contributed by atoms with Crippen molar-refractivity contribution in [3.05, 3.63) is 103 Å². The smallest absolute Gasteiger partial charge is 0.262 e. The van der Waals surface area contributed by atoms with Crippen LogP contribution in [-0.2, 0) is 22.7 Å². The zero-order valence-electron chi connectivity index (χ0n) is 18.6. The Hall–Kier alpha value is -3.05. The van der Waals surface area contributed by atoms with Crippen LogP contribution in [0.25, 0.3) is 10.9 Å². The van der Waals surface area contributed by atoms with Crippen LogP contribution in [0.4, 0.5) is 0 Å². The summed E-state index contributed by atoms with van der Waals surface area (Å²) in [5.41, 5.74) is 2.86. The van der Waals surface area contributed by atoms with Gasteiger partial charge in [-0.15, -0.1) is 0 Å². The molecule has 4 rings (SSSR count). The minimum absolute atomic E-state index is 0.177. The molecule has 0 fully saturated rings. The van der Waals surface area contributed by atoms with Gasteiger partial charge in [-0.3, -0.25) is 19.3 Å². The number of hydrogen-bond donors (Lipinski definition) is 3. The van der Waals surface area contributed by atoms with Crippen LogP contribution in [0.5, 0.6) is 0 Å². The molecule has 1 amide bonds. The van der Waals surface area contributed by atoms with Crippen molar-refractivity contribution in [1.82, 2.24) is 14.9 Å². The molecule has 7 nitrogen and oxygen atoms in total. The van der Waals surface area contributed by atoms with Gasteiger partial charge in [0.05, 0.1) is 27.2 Å². The number of benzene rings is 3. The summed E-state index contributed by atoms with van der Waals surface area (Å²) in [7, 11) is -2.73. The van der Waals surface area contributed by atoms with Gasteiger partial charge in [0.15, 0.2) is 4.77 Å². The van der Waals surface area contributed by atoms with E-state index in [0.29, 0.717) is 39.1 Å². The monoisotopic (exact) mass is 570 g/mol. The first kappa shape index (κ1) is 25.1. The molecule has 10 heteroatoms. The van der Waals surface area contributed by atoms with Crippen LogP contribution in [0.1, 0.15) is 21.5 Å². The highest BCUT2D eigenvalue weighted by Gasteiger charge is 2.09. The molecule has 0 aliphatic rings. The molecular weight excluding hydrogens is 548 g/mol. The second kappa shape index (κ2) is 10.3. The van der Waals surface area contributed by atoms with Crippen molar-refractivity contribution in [3.8, 4) is 0 Å². The van der Waals surface area contributed by atoms with E-state index in [1.54, 1.807) is 30.3 Å². The van der Waals surface area contributed by atoms with Crippen molar-refractivity contribution in [2.24, 2.45) is 5.14 Å². The number of halogens is 1. The normalized spacial score (nSPS) is 12.9. The first-order chi connectivity index (χ1) is 16.6. The van der Waals surface area contributed by atoms with Gasteiger partial charge in [0.1, 0.15) is 0 Å². The molecule has 180 valence electrons. The molecule has 0 saturated heterocycles. The number of nitrogens with two attached hydrogens (primary N) is 1. The van der Waals surface area contributed by atoms with Crippen LogP contribution in [0, 0.1) is 4.77 Å². The lowest BCUT2D eigenvalue weighted by atomic mass is 10.1. The molecule has 0 aliphatic heterocycles. The Morgan fingerprint density at radius 3 is 2.40 bits per heavy atom. The highest BCUT2D eigenvalue weighted by Crippen LogP contribution is 2.16. The zero-order chi connectivity index (χ0) is 25.2. The molecule has 0 aliphatic carbocycles. The van der Waals surface area contributed by atoms with Gasteiger partial charge in [-0.05, 0) is 78.1 Å². The molecule has 0 spiro atoms. The average Bonchev–Trinajstić information content (AvgIpc) is 2.82. The number of fused-ring (bicyclic) bond motifs is 1. The van der Waals surface area contributed by atoms with Crippen molar-refractivity contribution < 1.29 is 9.00 Å². The van der Waals surface area contributed by atoms with Crippen LogP contribution >= 0.6 is 28.1 Å². The van der Waals surface area contributed by atoms with Gasteiger partial charge in [0, 0.05) is 21.5 Å². The highest BCUT2D eigenvalue weighted by molar-refractivity contribution is 9.10. The second-order valence-electron chi connectivity index (χ2n) is 8.08. The minimum Gasteiger partial charge on any atom is -0.352 e. The van der Waals surface area contributed by atoms with E-state index in [1.165, 1.54) is 4.57 Å². The van der Waals surface area contributed by atoms with E-state index < -0.39 is 9.71 Å². The molecule has 1 unspecified atom stereocenters. The summed E-state index contributed by atoms with van der Waals surface area (Å²) in [6, 6.07) is 19.5. The van der Waals surface area contributed by atoms with Gasteiger partial charge in [-0.1, -0.05) is 40.2 Å². The number of carbonyl (C=O) groups is 1. The number of carbonyl (C=O) groups excluding carboxylic acids is 1. The van der Waals surface area contributed by atoms with E-state index >= 15 is 0 Å². The highest BCUT2D eigenvalue weighted by atomic mass is 79.9. The Balaban J connectivity index is 1.39. The van der Waals surface area contributed by atoms with Crippen LogP contribution in [0.2, 0.25) is 0 Å². The van der Waals surface area contributed by atoms with Gasteiger partial charge in [-0.25, -0.2) is 4.21 Å². The molecule has 1 aromatic heterocycles. The number of H-pyrrole nitrogens is 1. The number of hydrogen-bond acceptors (Lipinski definition) is 4. The Kier molecular flexibility index (Phi) is 7.36. The fourth-order valence-electron chi connectivity index (χ4n) is 3.62. The van der Waals surface area contributed by atoms with E-state index in [4.69, 9.17) is 17.4 Å². The fourth-order valence-corrected chi connectivity index (χ4v) is 4.83. The van der Waals surface area contributed by atoms with Crippen molar-refractivity contribution in [3.63, 3.8) is 0 Å². The molecule has 35 heavy (non-hydrogen) atoms. The van der Waals surface area contributed by atoms with Gasteiger partial charge in [0.2, 0.25) is 0 Å². The van der Waals surface area contributed by atoms with Gasteiger partial charge < -0.3 is 10.3 Å². The van der Waals surface area contributed by atoms with Crippen LogP contribution < -0.4 is 16.0 Å². The molecule has 0 saturated carbocycles. The summed E-state index contributed by atoms with van der Waals surface area (Å²) in [5, 5.41) is 8.98. The maximum absolute atomic E-state index is 13.0. The van der Waals surface area contributed by atoms with Crippen LogP contribution in [0.15, 0.2) is 80.9 Å². The molecule has 0 radical (unpaired) electrons. The third kappa shape index (κ3) is 5.96. The summed E-state index contributed by atoms with van der Waals surface area (Å²) in [6.07, 6.45) is 0.617. The van der Waals surface area contributed by atoms with Crippen LogP contribution in [0.3, 0.4) is 0 Å². The second-order valence-corrected chi connectivity index (χ2v) is 11.3. The van der Waals surface area contributed by atoms with Crippen molar-refractivity contribution in [2.75, 3.05) is 6.54 Å². The summed E-state index contributed by atoms with van der Waals surface area (Å²) in [5.74, 6) is 3.27. The van der Waals surface area contributed by atoms with E-state index in [-0.39, 0.29) is 18.0 Å². The summed E-state index contributed by atoms with van der Waals surface area (Å²) in [6.45, 7) is 0.733. The third-order valence-corrected chi connectivity index (χ3v) is 7.41. The minimum atomic E-state index is -2.73. The summed E-state index contributed by atoms with van der Waals surface area (Å²) < 4.78 is 14.4. The van der Waals surface area contributed by atoms with Crippen LogP contribution in [-0.4, -0.2) is 32.1 Å². The predicted molar refractivity (Wildman–Crippen MR) is 147 cm³/mol.